The van der Waals surface area contributed by atoms with Crippen molar-refractivity contribution >= 4 is 32.3 Å². The fourth-order valence-electron chi connectivity index (χ4n) is 3.16. The number of hydrogen-bond donors (Lipinski definition) is 0. The molecular formula is C24H14. The van der Waals surface area contributed by atoms with Crippen LogP contribution in [0.4, 0.5) is 0 Å². The van der Waals surface area contributed by atoms with Gasteiger partial charge in [0.15, 0.2) is 0 Å². The second kappa shape index (κ2) is 4.24. The van der Waals surface area contributed by atoms with Crippen molar-refractivity contribution in [3.05, 3.63) is 84.6 Å². The summed E-state index contributed by atoms with van der Waals surface area (Å²) in [5.41, 5.74) is -0.357. The highest BCUT2D eigenvalue weighted by atomic mass is 14.2. The molecule has 6 rings (SSSR count). The molecule has 0 fully saturated rings. The first-order chi connectivity index (χ1) is 17.7. The maximum absolute atomic E-state index is 9.06. The number of benzene rings is 5. The molecule has 0 heteroatoms. The molecule has 0 aromatic heterocycles. The maximum Gasteiger partial charge on any atom is 0.0636 e. The normalized spacial score (nSPS) is 20.3. The van der Waals surface area contributed by atoms with E-state index >= 15 is 0 Å². The molecule has 0 N–H and O–H groups in total. The average molecular weight is 316 g/mol. The van der Waals surface area contributed by atoms with Crippen LogP contribution >= 0.6 is 0 Å². The van der Waals surface area contributed by atoms with Gasteiger partial charge in [-0.25, -0.2) is 0 Å². The molecule has 24 heavy (non-hydrogen) atoms. The number of rotatable bonds is 0. The lowest BCUT2D eigenvalue weighted by atomic mass is 9.96. The number of hydrogen-bond acceptors (Lipinski definition) is 0. The van der Waals surface area contributed by atoms with Crippen LogP contribution in [-0.4, -0.2) is 0 Å². The second-order valence-corrected chi connectivity index (χ2v) is 5.50. The van der Waals surface area contributed by atoms with Crippen LogP contribution in [-0.2, 0) is 0 Å². The van der Waals surface area contributed by atoms with Crippen LogP contribution in [0, 0.1) is 0 Å². The van der Waals surface area contributed by atoms with Gasteiger partial charge in [0.25, 0.3) is 0 Å². The molecule has 5 aromatic carbocycles. The van der Waals surface area contributed by atoms with Crippen LogP contribution in [0.5, 0.6) is 0 Å². The zero-order valence-corrected chi connectivity index (χ0v) is 12.0. The van der Waals surface area contributed by atoms with E-state index in [2.05, 4.69) is 0 Å². The molecule has 0 heterocycles. The van der Waals surface area contributed by atoms with Gasteiger partial charge in [-0.15, -0.1) is 0 Å². The van der Waals surface area contributed by atoms with Crippen molar-refractivity contribution in [2.45, 2.75) is 0 Å². The summed E-state index contributed by atoms with van der Waals surface area (Å²) in [4.78, 5) is 0. The quantitative estimate of drug-likeness (QED) is 0.270. The summed E-state index contributed by atoms with van der Waals surface area (Å²) in [5, 5.41) is -1.26. The number of fused-ring (bicyclic) bond motifs is 5. The van der Waals surface area contributed by atoms with Crippen molar-refractivity contribution < 1.29 is 19.2 Å². The summed E-state index contributed by atoms with van der Waals surface area (Å²) in [7, 11) is 0. The Balaban J connectivity index is 1.99. The third kappa shape index (κ3) is 1.48. The van der Waals surface area contributed by atoms with Crippen molar-refractivity contribution in [2.75, 3.05) is 0 Å². The van der Waals surface area contributed by atoms with Crippen molar-refractivity contribution in [1.82, 2.24) is 0 Å². The Labute approximate surface area is 159 Å². The van der Waals surface area contributed by atoms with Crippen molar-refractivity contribution in [1.29, 1.82) is 0 Å². The SMILES string of the molecule is [2H]c1c([2H])c2c3c(c([2H])c([2H])c([2H])c3c1[2H])-c1c-2c([2H])c2c([2H])c3c([2H])c([2H])c([2H])c([2H])c3c([2H])c2c1[2H]. The summed E-state index contributed by atoms with van der Waals surface area (Å²) in [6.45, 7) is 0. The second-order valence-electron chi connectivity index (χ2n) is 5.50. The fourth-order valence-corrected chi connectivity index (χ4v) is 3.16. The first kappa shape index (κ1) is 5.19. The van der Waals surface area contributed by atoms with Crippen LogP contribution in [0.25, 0.3) is 54.6 Å². The summed E-state index contributed by atoms with van der Waals surface area (Å²) in [6.07, 6.45) is 0. The standard InChI is InChI=1S/C24H14/c1-2-6-17-12-19-14-23-21-10-4-8-15-7-3-9-20(24(15)21)22(23)13-18(19)11-16(17)5-1/h1-14H/i1D,2D,3D,4D,5D,6D,7D,8D,9D,10D,11D,12D,13D,14D. The van der Waals surface area contributed by atoms with Crippen molar-refractivity contribution in [3.63, 3.8) is 0 Å². The largest absolute Gasteiger partial charge is 0.0636 e. The Morgan fingerprint density at radius 3 is 1.46 bits per heavy atom. The molecule has 0 nitrogen and oxygen atoms in total. The molecule has 0 amide bonds. The Hall–Kier alpha value is -3.12. The Morgan fingerprint density at radius 1 is 0.417 bits per heavy atom. The molecule has 0 spiro atoms. The van der Waals surface area contributed by atoms with Gasteiger partial charge >= 0.3 is 0 Å². The fraction of sp³-hybridized carbons (Fsp3) is 0. The Morgan fingerprint density at radius 2 is 0.917 bits per heavy atom. The van der Waals surface area contributed by atoms with Crippen LogP contribution in [0.3, 0.4) is 0 Å². The van der Waals surface area contributed by atoms with E-state index in [1.807, 2.05) is 0 Å². The predicted octanol–water partition coefficient (Wildman–Crippen LogP) is 6.79. The zero-order valence-electron chi connectivity index (χ0n) is 26.0. The summed E-state index contributed by atoms with van der Waals surface area (Å²) in [5.74, 6) is 0. The highest BCUT2D eigenvalue weighted by Crippen LogP contribution is 2.48. The summed E-state index contributed by atoms with van der Waals surface area (Å²) < 4.78 is 119. The van der Waals surface area contributed by atoms with Crippen LogP contribution < -0.4 is 0 Å². The van der Waals surface area contributed by atoms with E-state index < -0.39 is 84.6 Å². The van der Waals surface area contributed by atoms with Crippen molar-refractivity contribution in [3.8, 4) is 22.3 Å². The smallest absolute Gasteiger partial charge is 0.0616 e. The van der Waals surface area contributed by atoms with Crippen LogP contribution in [0.15, 0.2) is 84.6 Å². The minimum absolute atomic E-state index is 0.0150. The lowest BCUT2D eigenvalue weighted by Gasteiger charge is -2.07. The minimum Gasteiger partial charge on any atom is -0.0616 e. The first-order valence-electron chi connectivity index (χ1n) is 14.2. The molecular weight excluding hydrogens is 288 g/mol. The van der Waals surface area contributed by atoms with E-state index in [9.17, 15) is 0 Å². The van der Waals surface area contributed by atoms with E-state index in [-0.39, 0.29) is 54.6 Å². The molecule has 1 aliphatic rings. The summed E-state index contributed by atoms with van der Waals surface area (Å²) in [6, 6.07) is -7.37. The van der Waals surface area contributed by atoms with Gasteiger partial charge in [-0.05, 0) is 78.7 Å². The van der Waals surface area contributed by atoms with Crippen LogP contribution in [0.2, 0.25) is 0 Å². The minimum atomic E-state index is -0.620. The van der Waals surface area contributed by atoms with E-state index in [4.69, 9.17) is 19.2 Å². The van der Waals surface area contributed by atoms with Gasteiger partial charge in [0, 0.05) is 0 Å². The van der Waals surface area contributed by atoms with Crippen LogP contribution in [0.1, 0.15) is 19.2 Å². The van der Waals surface area contributed by atoms with Gasteiger partial charge in [0.1, 0.15) is 0 Å². The third-order valence-corrected chi connectivity index (χ3v) is 4.19. The molecule has 0 radical (unpaired) electrons. The predicted molar refractivity (Wildman–Crippen MR) is 103 cm³/mol. The molecule has 0 aliphatic heterocycles. The Bertz CT molecular complexity index is 1870. The highest BCUT2D eigenvalue weighted by molar-refractivity contribution is 6.17. The topological polar surface area (TPSA) is 0 Å². The molecule has 0 unspecified atom stereocenters. The van der Waals surface area contributed by atoms with Gasteiger partial charge in [-0.3, -0.25) is 0 Å². The van der Waals surface area contributed by atoms with E-state index in [0.717, 1.165) is 0 Å². The van der Waals surface area contributed by atoms with E-state index in [1.165, 1.54) is 0 Å². The molecule has 0 bridgehead atoms. The Kier molecular flexibility index (Phi) is 0.917. The summed E-state index contributed by atoms with van der Waals surface area (Å²) >= 11 is 0. The lowest BCUT2D eigenvalue weighted by molar-refractivity contribution is 1.74. The molecule has 0 saturated carbocycles. The van der Waals surface area contributed by atoms with Gasteiger partial charge < -0.3 is 0 Å². The van der Waals surface area contributed by atoms with E-state index in [1.54, 1.807) is 0 Å². The first-order valence-corrected chi connectivity index (χ1v) is 7.25. The molecule has 110 valence electrons. The molecule has 1 aliphatic carbocycles. The van der Waals surface area contributed by atoms with Gasteiger partial charge in [0.05, 0.1) is 19.2 Å². The molecule has 5 aromatic rings. The van der Waals surface area contributed by atoms with Crippen molar-refractivity contribution in [2.24, 2.45) is 0 Å². The third-order valence-electron chi connectivity index (χ3n) is 4.19. The van der Waals surface area contributed by atoms with E-state index in [0.29, 0.717) is 0 Å². The molecule has 0 saturated heterocycles. The average Bonchev–Trinajstić information content (AvgIpc) is 3.24. The van der Waals surface area contributed by atoms with Gasteiger partial charge in [-0.1, -0.05) is 60.4 Å². The monoisotopic (exact) mass is 316 g/mol. The molecule has 0 atom stereocenters. The maximum atomic E-state index is 9.06. The van der Waals surface area contributed by atoms with Gasteiger partial charge in [-0.2, -0.15) is 0 Å². The lowest BCUT2D eigenvalue weighted by Crippen LogP contribution is -1.81. The zero-order chi connectivity index (χ0) is 27.9. The highest BCUT2D eigenvalue weighted by Gasteiger charge is 2.21. The van der Waals surface area contributed by atoms with Gasteiger partial charge in [0.2, 0.25) is 0 Å².